The standard InChI is InChI=1S/C19H31N3O2S/c1-20-19(21-14-8-11-17-9-4-2-5-10-17)22-15-16-25(23,24)18-12-6-3-7-13-18/h3,6-7,12-13,17H,2,4-5,8-11,14-16H2,1H3,(H2,20,21,22). The first-order valence-corrected chi connectivity index (χ1v) is 11.0. The van der Waals surface area contributed by atoms with Crippen LogP contribution < -0.4 is 10.6 Å². The summed E-state index contributed by atoms with van der Waals surface area (Å²) in [6, 6.07) is 8.57. The van der Waals surface area contributed by atoms with E-state index in [1.165, 1.54) is 38.5 Å². The molecule has 0 aliphatic heterocycles. The van der Waals surface area contributed by atoms with Crippen molar-refractivity contribution in [2.45, 2.75) is 49.8 Å². The van der Waals surface area contributed by atoms with Crippen molar-refractivity contribution in [3.05, 3.63) is 30.3 Å². The Morgan fingerprint density at radius 3 is 2.44 bits per heavy atom. The molecule has 0 unspecified atom stereocenters. The average Bonchev–Trinajstić information content (AvgIpc) is 2.65. The van der Waals surface area contributed by atoms with Crippen molar-refractivity contribution < 1.29 is 8.42 Å². The second kappa shape index (κ2) is 10.4. The minimum absolute atomic E-state index is 0.0553. The van der Waals surface area contributed by atoms with Crippen molar-refractivity contribution in [2.24, 2.45) is 10.9 Å². The lowest BCUT2D eigenvalue weighted by atomic mass is 9.86. The van der Waals surface area contributed by atoms with Crippen LogP contribution in [0.15, 0.2) is 40.2 Å². The molecule has 1 aromatic carbocycles. The molecule has 0 radical (unpaired) electrons. The van der Waals surface area contributed by atoms with Crippen LogP contribution in [0.4, 0.5) is 0 Å². The fraction of sp³-hybridized carbons (Fsp3) is 0.632. The van der Waals surface area contributed by atoms with Crippen molar-refractivity contribution in [1.82, 2.24) is 10.6 Å². The van der Waals surface area contributed by atoms with Gasteiger partial charge in [0, 0.05) is 20.1 Å². The zero-order chi connectivity index (χ0) is 18.0. The first-order chi connectivity index (χ1) is 12.1. The lowest BCUT2D eigenvalue weighted by molar-refractivity contribution is 0.332. The molecule has 1 aliphatic rings. The maximum absolute atomic E-state index is 12.2. The van der Waals surface area contributed by atoms with E-state index in [0.29, 0.717) is 17.4 Å². The van der Waals surface area contributed by atoms with Gasteiger partial charge in [-0.3, -0.25) is 4.99 Å². The molecule has 0 amide bonds. The van der Waals surface area contributed by atoms with Crippen LogP contribution in [0.25, 0.3) is 0 Å². The topological polar surface area (TPSA) is 70.6 Å². The van der Waals surface area contributed by atoms with Gasteiger partial charge in [-0.2, -0.15) is 0 Å². The minimum Gasteiger partial charge on any atom is -0.356 e. The Hall–Kier alpha value is -1.56. The van der Waals surface area contributed by atoms with Gasteiger partial charge in [0.2, 0.25) is 0 Å². The second-order valence-electron chi connectivity index (χ2n) is 6.70. The highest BCUT2D eigenvalue weighted by molar-refractivity contribution is 7.91. The maximum atomic E-state index is 12.2. The largest absolute Gasteiger partial charge is 0.356 e. The van der Waals surface area contributed by atoms with Gasteiger partial charge < -0.3 is 10.6 Å². The summed E-state index contributed by atoms with van der Waals surface area (Å²) in [5, 5.41) is 6.37. The summed E-state index contributed by atoms with van der Waals surface area (Å²) in [5.74, 6) is 1.62. The third kappa shape index (κ3) is 7.06. The molecule has 0 saturated heterocycles. The zero-order valence-corrected chi connectivity index (χ0v) is 16.0. The van der Waals surface area contributed by atoms with E-state index in [4.69, 9.17) is 0 Å². The van der Waals surface area contributed by atoms with Gasteiger partial charge in [-0.25, -0.2) is 8.42 Å². The normalized spacial score (nSPS) is 16.6. The number of benzene rings is 1. The molecule has 6 heteroatoms. The zero-order valence-electron chi connectivity index (χ0n) is 15.2. The highest BCUT2D eigenvalue weighted by Crippen LogP contribution is 2.26. The molecule has 0 heterocycles. The van der Waals surface area contributed by atoms with Crippen molar-refractivity contribution in [1.29, 1.82) is 0 Å². The number of hydrogen-bond acceptors (Lipinski definition) is 3. The van der Waals surface area contributed by atoms with Gasteiger partial charge >= 0.3 is 0 Å². The third-order valence-corrected chi connectivity index (χ3v) is 6.53. The molecule has 0 aromatic heterocycles. The van der Waals surface area contributed by atoms with E-state index in [0.717, 1.165) is 18.9 Å². The van der Waals surface area contributed by atoms with E-state index in [1.54, 1.807) is 31.3 Å². The first kappa shape index (κ1) is 19.8. The predicted molar refractivity (Wildman–Crippen MR) is 104 cm³/mol. The van der Waals surface area contributed by atoms with Gasteiger partial charge in [0.25, 0.3) is 0 Å². The summed E-state index contributed by atoms with van der Waals surface area (Å²) < 4.78 is 24.5. The van der Waals surface area contributed by atoms with E-state index in [-0.39, 0.29) is 5.75 Å². The van der Waals surface area contributed by atoms with Crippen molar-refractivity contribution in [3.8, 4) is 0 Å². The average molecular weight is 366 g/mol. The highest BCUT2D eigenvalue weighted by atomic mass is 32.2. The predicted octanol–water partition coefficient (Wildman–Crippen LogP) is 2.99. The molecular weight excluding hydrogens is 334 g/mol. The van der Waals surface area contributed by atoms with Gasteiger partial charge in [0.15, 0.2) is 15.8 Å². The molecule has 2 rings (SSSR count). The molecule has 0 atom stereocenters. The molecule has 1 aromatic rings. The third-order valence-electron chi connectivity index (χ3n) is 4.80. The van der Waals surface area contributed by atoms with Crippen LogP contribution in [0.1, 0.15) is 44.9 Å². The summed E-state index contributed by atoms with van der Waals surface area (Å²) in [5.41, 5.74) is 0. The Morgan fingerprint density at radius 2 is 1.76 bits per heavy atom. The van der Waals surface area contributed by atoms with Crippen LogP contribution in [-0.4, -0.2) is 40.3 Å². The van der Waals surface area contributed by atoms with Crippen molar-refractivity contribution >= 4 is 15.8 Å². The molecule has 5 nitrogen and oxygen atoms in total. The van der Waals surface area contributed by atoms with Crippen LogP contribution in [0, 0.1) is 5.92 Å². The summed E-state index contributed by atoms with van der Waals surface area (Å²) in [4.78, 5) is 4.53. The van der Waals surface area contributed by atoms with Crippen LogP contribution in [0.2, 0.25) is 0 Å². The van der Waals surface area contributed by atoms with Gasteiger partial charge in [0.05, 0.1) is 10.6 Å². The van der Waals surface area contributed by atoms with E-state index in [9.17, 15) is 8.42 Å². The first-order valence-electron chi connectivity index (χ1n) is 9.34. The fourth-order valence-electron chi connectivity index (χ4n) is 3.34. The Kier molecular flexibility index (Phi) is 8.25. The highest BCUT2D eigenvalue weighted by Gasteiger charge is 2.14. The Balaban J connectivity index is 1.64. The molecule has 0 bridgehead atoms. The number of sulfone groups is 1. The maximum Gasteiger partial charge on any atom is 0.191 e. The van der Waals surface area contributed by atoms with E-state index in [1.807, 2.05) is 6.07 Å². The quantitative estimate of drug-likeness (QED) is 0.422. The number of nitrogens with zero attached hydrogens (tertiary/aromatic N) is 1. The van der Waals surface area contributed by atoms with Gasteiger partial charge in [0.1, 0.15) is 0 Å². The van der Waals surface area contributed by atoms with Gasteiger partial charge in [-0.15, -0.1) is 0 Å². The number of aliphatic imine (C=N–C) groups is 1. The van der Waals surface area contributed by atoms with Crippen molar-refractivity contribution in [3.63, 3.8) is 0 Å². The summed E-state index contributed by atoms with van der Waals surface area (Å²) in [6.07, 6.45) is 9.33. The molecule has 2 N–H and O–H groups in total. The molecule has 0 spiro atoms. The van der Waals surface area contributed by atoms with E-state index < -0.39 is 9.84 Å². The molecular formula is C19H31N3O2S. The van der Waals surface area contributed by atoms with Crippen LogP contribution in [0.5, 0.6) is 0 Å². The smallest absolute Gasteiger partial charge is 0.191 e. The Morgan fingerprint density at radius 1 is 1.08 bits per heavy atom. The van der Waals surface area contributed by atoms with Crippen LogP contribution in [0.3, 0.4) is 0 Å². The molecule has 1 fully saturated rings. The lowest BCUT2D eigenvalue weighted by Gasteiger charge is -2.21. The fourth-order valence-corrected chi connectivity index (χ4v) is 4.52. The molecule has 1 saturated carbocycles. The Labute approximate surface area is 152 Å². The number of hydrogen-bond donors (Lipinski definition) is 2. The number of nitrogens with one attached hydrogen (secondary N) is 2. The van der Waals surface area contributed by atoms with Crippen LogP contribution in [-0.2, 0) is 9.84 Å². The van der Waals surface area contributed by atoms with E-state index >= 15 is 0 Å². The van der Waals surface area contributed by atoms with Crippen LogP contribution >= 0.6 is 0 Å². The summed E-state index contributed by atoms with van der Waals surface area (Å²) >= 11 is 0. The second-order valence-corrected chi connectivity index (χ2v) is 8.81. The number of rotatable bonds is 8. The van der Waals surface area contributed by atoms with Crippen molar-refractivity contribution in [2.75, 3.05) is 25.9 Å². The minimum atomic E-state index is -3.25. The van der Waals surface area contributed by atoms with Gasteiger partial charge in [-0.1, -0.05) is 50.3 Å². The van der Waals surface area contributed by atoms with E-state index in [2.05, 4.69) is 15.6 Å². The molecule has 140 valence electrons. The number of guanidine groups is 1. The lowest BCUT2D eigenvalue weighted by Crippen LogP contribution is -2.40. The summed E-state index contributed by atoms with van der Waals surface area (Å²) in [7, 11) is -1.54. The van der Waals surface area contributed by atoms with Gasteiger partial charge in [-0.05, 0) is 30.9 Å². The Bertz CT molecular complexity index is 623. The summed E-state index contributed by atoms with van der Waals surface area (Å²) in [6.45, 7) is 1.22. The molecule has 25 heavy (non-hydrogen) atoms. The SMILES string of the molecule is CN=C(NCCCC1CCCCC1)NCCS(=O)(=O)c1ccccc1. The monoisotopic (exact) mass is 365 g/mol. The molecule has 1 aliphatic carbocycles.